The summed E-state index contributed by atoms with van der Waals surface area (Å²) >= 11 is 0. The SMILES string of the molecule is Cc1cccc(N2CCC(NS(=O)(=O)N3CC(F)C3)C2)c1. The van der Waals surface area contributed by atoms with Crippen LogP contribution in [-0.2, 0) is 10.2 Å². The molecule has 1 unspecified atom stereocenters. The highest BCUT2D eigenvalue weighted by Gasteiger charge is 2.38. The summed E-state index contributed by atoms with van der Waals surface area (Å²) in [5, 5.41) is 0. The van der Waals surface area contributed by atoms with E-state index in [0.717, 1.165) is 23.0 Å². The van der Waals surface area contributed by atoms with Crippen LogP contribution in [0.15, 0.2) is 24.3 Å². The number of rotatable bonds is 4. The molecule has 0 spiro atoms. The van der Waals surface area contributed by atoms with Crippen LogP contribution in [0, 0.1) is 6.92 Å². The summed E-state index contributed by atoms with van der Waals surface area (Å²) in [6.45, 7) is 3.46. The van der Waals surface area contributed by atoms with E-state index in [2.05, 4.69) is 15.7 Å². The van der Waals surface area contributed by atoms with Crippen molar-refractivity contribution < 1.29 is 12.8 Å². The summed E-state index contributed by atoms with van der Waals surface area (Å²) in [6, 6.07) is 8.06. The Morgan fingerprint density at radius 2 is 2.05 bits per heavy atom. The van der Waals surface area contributed by atoms with Gasteiger partial charge in [-0.15, -0.1) is 0 Å². The molecule has 0 amide bonds. The van der Waals surface area contributed by atoms with Crippen LogP contribution in [0.4, 0.5) is 10.1 Å². The highest BCUT2D eigenvalue weighted by molar-refractivity contribution is 7.87. The molecule has 1 aromatic rings. The van der Waals surface area contributed by atoms with Crippen LogP contribution in [0.25, 0.3) is 0 Å². The molecule has 1 atom stereocenters. The minimum absolute atomic E-state index is 0.0242. The van der Waals surface area contributed by atoms with E-state index in [1.54, 1.807) is 0 Å². The molecule has 7 heteroatoms. The van der Waals surface area contributed by atoms with Gasteiger partial charge in [0, 0.05) is 37.9 Å². The summed E-state index contributed by atoms with van der Waals surface area (Å²) in [6.07, 6.45) is -0.256. The van der Waals surface area contributed by atoms with Gasteiger partial charge in [-0.2, -0.15) is 17.4 Å². The molecular formula is C14H20FN3O2S. The van der Waals surface area contributed by atoms with Crippen molar-refractivity contribution in [2.24, 2.45) is 0 Å². The standard InChI is InChI=1S/C14H20FN3O2S/c1-11-3-2-4-14(7-11)17-6-5-13(10-17)16-21(19,20)18-8-12(15)9-18/h2-4,7,12-13,16H,5-6,8-10H2,1H3. The number of hydrogen-bond donors (Lipinski definition) is 1. The second-order valence-corrected chi connectivity index (χ2v) is 7.51. The summed E-state index contributed by atoms with van der Waals surface area (Å²) in [5.41, 5.74) is 2.30. The third kappa shape index (κ3) is 3.20. The molecule has 116 valence electrons. The van der Waals surface area contributed by atoms with Crippen LogP contribution in [-0.4, -0.2) is 51.1 Å². The van der Waals surface area contributed by atoms with Crippen LogP contribution < -0.4 is 9.62 Å². The summed E-state index contributed by atoms with van der Waals surface area (Å²) < 4.78 is 40.7. The van der Waals surface area contributed by atoms with Crippen molar-refractivity contribution in [1.82, 2.24) is 9.03 Å². The molecular weight excluding hydrogens is 293 g/mol. The number of halogens is 1. The van der Waals surface area contributed by atoms with Crippen molar-refractivity contribution in [1.29, 1.82) is 0 Å². The summed E-state index contributed by atoms with van der Waals surface area (Å²) in [4.78, 5) is 2.17. The van der Waals surface area contributed by atoms with Crippen LogP contribution in [0.5, 0.6) is 0 Å². The van der Waals surface area contributed by atoms with Crippen LogP contribution in [0.2, 0.25) is 0 Å². The van der Waals surface area contributed by atoms with Gasteiger partial charge in [-0.25, -0.2) is 4.39 Å². The monoisotopic (exact) mass is 313 g/mol. The molecule has 1 N–H and O–H groups in total. The van der Waals surface area contributed by atoms with E-state index in [4.69, 9.17) is 0 Å². The molecule has 0 bridgehead atoms. The number of benzene rings is 1. The first kappa shape index (κ1) is 14.7. The maximum absolute atomic E-state index is 12.8. The topological polar surface area (TPSA) is 52.7 Å². The third-order valence-corrected chi connectivity index (χ3v) is 5.62. The van der Waals surface area contributed by atoms with Gasteiger partial charge in [-0.1, -0.05) is 12.1 Å². The van der Waals surface area contributed by atoms with Crippen LogP contribution in [0.1, 0.15) is 12.0 Å². The molecule has 2 heterocycles. The van der Waals surface area contributed by atoms with Gasteiger partial charge >= 0.3 is 0 Å². The number of aryl methyl sites for hydroxylation is 1. The molecule has 0 radical (unpaired) electrons. The molecule has 2 saturated heterocycles. The molecule has 2 aliphatic rings. The fourth-order valence-electron chi connectivity index (χ4n) is 2.79. The molecule has 2 fully saturated rings. The van der Waals surface area contributed by atoms with Crippen molar-refractivity contribution in [3.63, 3.8) is 0 Å². The average molecular weight is 313 g/mol. The van der Waals surface area contributed by atoms with Gasteiger partial charge in [0.1, 0.15) is 6.17 Å². The number of hydrogen-bond acceptors (Lipinski definition) is 3. The molecule has 0 aromatic heterocycles. The lowest BCUT2D eigenvalue weighted by Gasteiger charge is -2.33. The lowest BCUT2D eigenvalue weighted by Crippen LogP contribution is -2.57. The highest BCUT2D eigenvalue weighted by atomic mass is 32.2. The largest absolute Gasteiger partial charge is 0.370 e. The lowest BCUT2D eigenvalue weighted by molar-refractivity contribution is 0.139. The van der Waals surface area contributed by atoms with Gasteiger partial charge in [0.25, 0.3) is 10.2 Å². The zero-order valence-electron chi connectivity index (χ0n) is 12.0. The predicted octanol–water partition coefficient (Wildman–Crippen LogP) is 1.06. The van der Waals surface area contributed by atoms with Crippen molar-refractivity contribution in [2.45, 2.75) is 25.6 Å². The zero-order valence-corrected chi connectivity index (χ0v) is 12.8. The van der Waals surface area contributed by atoms with E-state index in [1.165, 1.54) is 5.56 Å². The summed E-state index contributed by atoms with van der Waals surface area (Å²) in [5.74, 6) is 0. The second-order valence-electron chi connectivity index (χ2n) is 5.81. The summed E-state index contributed by atoms with van der Waals surface area (Å²) in [7, 11) is -3.54. The number of alkyl halides is 1. The van der Waals surface area contributed by atoms with Crippen LogP contribution in [0.3, 0.4) is 0 Å². The first-order chi connectivity index (χ1) is 9.94. The van der Waals surface area contributed by atoms with Gasteiger partial charge in [0.05, 0.1) is 0 Å². The normalized spacial score (nSPS) is 24.3. The fourth-order valence-corrected chi connectivity index (χ4v) is 4.26. The van der Waals surface area contributed by atoms with E-state index in [-0.39, 0.29) is 19.1 Å². The number of anilines is 1. The highest BCUT2D eigenvalue weighted by Crippen LogP contribution is 2.22. The minimum atomic E-state index is -3.54. The van der Waals surface area contributed by atoms with Crippen LogP contribution >= 0.6 is 0 Å². The minimum Gasteiger partial charge on any atom is -0.370 e. The molecule has 21 heavy (non-hydrogen) atoms. The van der Waals surface area contributed by atoms with E-state index in [9.17, 15) is 12.8 Å². The molecule has 2 aliphatic heterocycles. The van der Waals surface area contributed by atoms with Crippen molar-refractivity contribution in [3.05, 3.63) is 29.8 Å². The maximum Gasteiger partial charge on any atom is 0.279 e. The molecule has 3 rings (SSSR count). The van der Waals surface area contributed by atoms with E-state index in [0.29, 0.717) is 6.54 Å². The second kappa shape index (κ2) is 5.55. The Kier molecular flexibility index (Phi) is 3.90. The third-order valence-electron chi connectivity index (χ3n) is 4.01. The van der Waals surface area contributed by atoms with E-state index < -0.39 is 16.4 Å². The first-order valence-corrected chi connectivity index (χ1v) is 8.61. The van der Waals surface area contributed by atoms with Crippen molar-refractivity contribution >= 4 is 15.9 Å². The van der Waals surface area contributed by atoms with Crippen molar-refractivity contribution in [3.8, 4) is 0 Å². The number of nitrogens with zero attached hydrogens (tertiary/aromatic N) is 2. The van der Waals surface area contributed by atoms with E-state index in [1.807, 2.05) is 25.1 Å². The number of nitrogens with one attached hydrogen (secondary N) is 1. The van der Waals surface area contributed by atoms with E-state index >= 15 is 0 Å². The van der Waals surface area contributed by atoms with Gasteiger partial charge < -0.3 is 4.90 Å². The lowest BCUT2D eigenvalue weighted by atomic mass is 10.2. The molecule has 0 aliphatic carbocycles. The quantitative estimate of drug-likeness (QED) is 0.904. The maximum atomic E-state index is 12.8. The van der Waals surface area contributed by atoms with Gasteiger partial charge in [0.2, 0.25) is 0 Å². The predicted molar refractivity (Wildman–Crippen MR) is 80.3 cm³/mol. The van der Waals surface area contributed by atoms with Crippen molar-refractivity contribution in [2.75, 3.05) is 31.1 Å². The Labute approximate surface area is 124 Å². The Morgan fingerprint density at radius 1 is 1.29 bits per heavy atom. The van der Waals surface area contributed by atoms with Gasteiger partial charge in [-0.05, 0) is 31.0 Å². The zero-order chi connectivity index (χ0) is 15.0. The Hall–Kier alpha value is -1.18. The Morgan fingerprint density at radius 3 is 2.71 bits per heavy atom. The molecule has 1 aromatic carbocycles. The molecule has 5 nitrogen and oxygen atoms in total. The Balaban J connectivity index is 1.60. The van der Waals surface area contributed by atoms with Gasteiger partial charge in [0.15, 0.2) is 0 Å². The molecule has 0 saturated carbocycles. The first-order valence-electron chi connectivity index (χ1n) is 7.17. The Bertz CT molecular complexity index is 616. The smallest absolute Gasteiger partial charge is 0.279 e. The fraction of sp³-hybridized carbons (Fsp3) is 0.571. The average Bonchev–Trinajstić information content (AvgIpc) is 2.83. The van der Waals surface area contributed by atoms with Gasteiger partial charge in [-0.3, -0.25) is 0 Å².